The molecule has 2 heterocycles. The zero-order chi connectivity index (χ0) is 49.9. The predicted molar refractivity (Wildman–Crippen MR) is 295 cm³/mol. The molecule has 0 bridgehead atoms. The summed E-state index contributed by atoms with van der Waals surface area (Å²) in [6.07, 6.45) is 36.0. The predicted octanol–water partition coefficient (Wildman–Crippen LogP) is 15.3. The van der Waals surface area contributed by atoms with Crippen LogP contribution >= 0.6 is 0 Å². The molecule has 2 N–H and O–H groups in total. The zero-order valence-corrected chi connectivity index (χ0v) is 47.3. The van der Waals surface area contributed by atoms with E-state index in [0.29, 0.717) is 24.5 Å². The summed E-state index contributed by atoms with van der Waals surface area (Å²) in [5.41, 5.74) is 4.69. The van der Waals surface area contributed by atoms with Crippen LogP contribution in [0, 0.1) is 0 Å². The third kappa shape index (κ3) is 21.5. The minimum atomic E-state index is -4.56. The van der Waals surface area contributed by atoms with Crippen LogP contribution in [0.5, 0.6) is 0 Å². The first kappa shape index (κ1) is 60.7. The number of hydrogen-bond donors (Lipinski definition) is 2. The van der Waals surface area contributed by atoms with E-state index in [9.17, 15) is 25.9 Å². The average Bonchev–Trinajstić information content (AvgIpc) is 3.88. The Morgan fingerprint density at radius 2 is 0.676 bits per heavy atom. The number of para-hydroxylation sites is 2. The van der Waals surface area contributed by atoms with Crippen LogP contribution in [0.15, 0.2) is 107 Å². The Kier molecular flexibility index (Phi) is 29.0. The van der Waals surface area contributed by atoms with Crippen LogP contribution in [0.1, 0.15) is 205 Å². The van der Waals surface area contributed by atoms with Crippen LogP contribution in [-0.4, -0.2) is 76.0 Å². The van der Waals surface area contributed by atoms with E-state index in [0.717, 1.165) is 48.2 Å². The van der Waals surface area contributed by atoms with Gasteiger partial charge in [-0.1, -0.05) is 241 Å². The van der Waals surface area contributed by atoms with Crippen LogP contribution in [0.3, 0.4) is 0 Å². The van der Waals surface area contributed by atoms with Gasteiger partial charge in [-0.05, 0) is 61.1 Å². The number of unbranched alkanes of at least 4 members (excludes halogenated alkanes) is 24. The summed E-state index contributed by atoms with van der Waals surface area (Å²) in [6, 6.07) is 29.9. The fraction of sp³-hybridized carbons (Fsp3) is 0.586. The van der Waals surface area contributed by atoms with Crippen molar-refractivity contribution in [3.8, 4) is 0 Å². The second kappa shape index (κ2) is 33.9. The van der Waals surface area contributed by atoms with Gasteiger partial charge in [0.15, 0.2) is 0 Å². The van der Waals surface area contributed by atoms with Gasteiger partial charge in [0, 0.05) is 13.1 Å². The quantitative estimate of drug-likeness (QED) is 0.0263. The van der Waals surface area contributed by atoms with Gasteiger partial charge in [0.05, 0.1) is 44.9 Å². The summed E-state index contributed by atoms with van der Waals surface area (Å²) in [6.45, 7) is 5.66. The maximum atomic E-state index is 12.0. The first-order chi connectivity index (χ1) is 34.0. The molecule has 2 atom stereocenters. The number of nitrogens with one attached hydrogen (secondary N) is 2. The Balaban J connectivity index is 0.000000304. The Hall–Kier alpha value is -2.84. The summed E-state index contributed by atoms with van der Waals surface area (Å²) >= 11 is 0. The summed E-state index contributed by atoms with van der Waals surface area (Å²) in [7, 11) is -9.11. The van der Waals surface area contributed by atoms with Gasteiger partial charge < -0.3 is 29.5 Å². The van der Waals surface area contributed by atoms with Gasteiger partial charge in [0.1, 0.15) is 20.2 Å². The van der Waals surface area contributed by atoms with Gasteiger partial charge >= 0.3 is 37.7 Å². The van der Waals surface area contributed by atoms with Crippen LogP contribution in [-0.2, 0) is 33.3 Å². The van der Waals surface area contributed by atoms with E-state index in [4.69, 9.17) is 0 Å². The topological polar surface area (TPSA) is 145 Å². The van der Waals surface area contributed by atoms with E-state index in [-0.39, 0.29) is 59.9 Å². The maximum Gasteiger partial charge on any atom is 2.00 e. The Morgan fingerprint density at radius 3 is 0.958 bits per heavy atom. The zero-order valence-electron chi connectivity index (χ0n) is 43.5. The van der Waals surface area contributed by atoms with E-state index in [1.54, 1.807) is 12.1 Å². The summed E-state index contributed by atoms with van der Waals surface area (Å²) in [5, 5.41) is 6.97. The third-order valence-corrected chi connectivity index (χ3v) is 15.8. The maximum absolute atomic E-state index is 12.0. The largest absolute Gasteiger partial charge is 2.00 e. The van der Waals surface area contributed by atoms with Gasteiger partial charge in [-0.3, -0.25) is 0 Å². The molecule has 10 nitrogen and oxygen atoms in total. The van der Waals surface area contributed by atoms with Crippen molar-refractivity contribution in [3.63, 3.8) is 0 Å². The second-order valence-corrected chi connectivity index (χ2v) is 22.5. The molecule has 0 aliphatic carbocycles. The van der Waals surface area contributed by atoms with Crippen LogP contribution in [0.4, 0.5) is 22.7 Å². The van der Waals surface area contributed by atoms with Crippen molar-refractivity contribution in [1.29, 1.82) is 0 Å². The standard InChI is InChI=1S/2C29H44N2O3S.Ca/c2*1-2-3-4-5-6-7-8-9-10-11-12-13-17-23-28-30-26-21-18-22-27(35(32,33)34)29(26)31(28)24-25-19-15-14-16-20-25;/h2*14-16,18-22,28,30H,2-13,17,23-24H2,1H3,(H,32,33,34);/q;;+2/p-2. The monoisotopic (exact) mass is 1040 g/mol. The van der Waals surface area contributed by atoms with Gasteiger partial charge in [-0.25, -0.2) is 16.8 Å². The Morgan fingerprint density at radius 1 is 0.394 bits per heavy atom. The first-order valence-corrected chi connectivity index (χ1v) is 30.1. The molecule has 13 heteroatoms. The molecule has 388 valence electrons. The minimum absolute atomic E-state index is 0. The van der Waals surface area contributed by atoms with Crippen molar-refractivity contribution < 1.29 is 25.9 Å². The molecule has 0 saturated heterocycles. The number of benzene rings is 4. The molecule has 2 aliphatic heterocycles. The number of rotatable bonds is 34. The molecule has 0 spiro atoms. The van der Waals surface area contributed by atoms with Crippen molar-refractivity contribution in [3.05, 3.63) is 108 Å². The average molecular weight is 1040 g/mol. The molecule has 0 saturated carbocycles. The van der Waals surface area contributed by atoms with E-state index >= 15 is 0 Å². The summed E-state index contributed by atoms with van der Waals surface area (Å²) < 4.78 is 71.8. The van der Waals surface area contributed by atoms with Gasteiger partial charge in [0.2, 0.25) is 0 Å². The van der Waals surface area contributed by atoms with Crippen molar-refractivity contribution in [2.75, 3.05) is 20.4 Å². The smallest absolute Gasteiger partial charge is 0.744 e. The molecular formula is C58H86CaN4O6S2. The molecule has 71 heavy (non-hydrogen) atoms. The van der Waals surface area contributed by atoms with E-state index in [2.05, 4.69) is 34.3 Å². The molecule has 2 aliphatic rings. The van der Waals surface area contributed by atoms with Crippen LogP contribution in [0.2, 0.25) is 0 Å². The van der Waals surface area contributed by atoms with Crippen LogP contribution < -0.4 is 20.4 Å². The normalized spacial score (nSPS) is 15.0. The molecule has 0 radical (unpaired) electrons. The molecule has 0 amide bonds. The van der Waals surface area contributed by atoms with Crippen molar-refractivity contribution in [2.45, 2.75) is 229 Å². The van der Waals surface area contributed by atoms with Gasteiger partial charge in [-0.15, -0.1) is 0 Å². The summed E-state index contributed by atoms with van der Waals surface area (Å²) in [5.74, 6) is 0. The van der Waals surface area contributed by atoms with E-state index < -0.39 is 20.2 Å². The third-order valence-electron chi connectivity index (χ3n) is 14.1. The fourth-order valence-electron chi connectivity index (χ4n) is 10.2. The second-order valence-electron chi connectivity index (χ2n) is 19.8. The molecule has 6 rings (SSSR count). The van der Waals surface area contributed by atoms with E-state index in [1.807, 2.05) is 72.8 Å². The fourth-order valence-corrected chi connectivity index (χ4v) is 11.6. The molecular weight excluding hydrogens is 953 g/mol. The Bertz CT molecular complexity index is 2130. The molecule has 0 aromatic heterocycles. The van der Waals surface area contributed by atoms with E-state index in [1.165, 1.54) is 166 Å². The molecule has 4 aromatic rings. The first-order valence-electron chi connectivity index (χ1n) is 27.3. The molecule has 2 unspecified atom stereocenters. The molecule has 4 aromatic carbocycles. The minimum Gasteiger partial charge on any atom is -0.744 e. The number of fused-ring (bicyclic) bond motifs is 2. The van der Waals surface area contributed by atoms with Crippen molar-refractivity contribution in [2.24, 2.45) is 0 Å². The van der Waals surface area contributed by atoms with Gasteiger partial charge in [-0.2, -0.15) is 0 Å². The Labute approximate surface area is 460 Å². The number of anilines is 4. The number of nitrogens with zero attached hydrogens (tertiary/aromatic N) is 2. The van der Waals surface area contributed by atoms with Crippen molar-refractivity contribution in [1.82, 2.24) is 0 Å². The summed E-state index contributed by atoms with van der Waals surface area (Å²) in [4.78, 5) is 3.86. The van der Waals surface area contributed by atoms with Crippen LogP contribution in [0.25, 0.3) is 0 Å². The number of hydrogen-bond acceptors (Lipinski definition) is 10. The molecule has 0 fully saturated rings. The van der Waals surface area contributed by atoms with Crippen molar-refractivity contribution >= 4 is 80.7 Å². The van der Waals surface area contributed by atoms with Gasteiger partial charge in [0.25, 0.3) is 0 Å². The SMILES string of the molecule is CCCCCCCCCCCCCCCC1Nc2cccc(S(=O)(=O)[O-])c2N1Cc1ccccc1.CCCCCCCCCCCCCCCC1Nc2cccc(S(=O)(=O)[O-])c2N1Cc1ccccc1.[Ca+2].